The molecule has 0 spiro atoms. The number of nitrogens with one attached hydrogen (secondary N) is 1. The van der Waals surface area contributed by atoms with Crippen LogP contribution in [0.1, 0.15) is 44.9 Å². The average Bonchev–Trinajstić information content (AvgIpc) is 2.99. The summed E-state index contributed by atoms with van der Waals surface area (Å²) in [7, 11) is 3.18. The molecule has 2 rings (SSSR count). The summed E-state index contributed by atoms with van der Waals surface area (Å²) >= 11 is 1.34. The van der Waals surface area contributed by atoms with E-state index in [9.17, 15) is 9.59 Å². The third-order valence-electron chi connectivity index (χ3n) is 3.78. The van der Waals surface area contributed by atoms with E-state index in [-0.39, 0.29) is 11.0 Å². The van der Waals surface area contributed by atoms with E-state index in [0.717, 1.165) is 5.82 Å². The normalized spacial score (nSPS) is 12.3. The summed E-state index contributed by atoms with van der Waals surface area (Å²) < 4.78 is 6.60. The topological polar surface area (TPSA) is 89.9 Å². The molecule has 2 heterocycles. The quantitative estimate of drug-likeness (QED) is 0.511. The third kappa shape index (κ3) is 3.17. The van der Waals surface area contributed by atoms with Crippen molar-refractivity contribution < 1.29 is 14.3 Å². The number of aromatic amines is 1. The number of rotatable bonds is 5. The van der Waals surface area contributed by atoms with Gasteiger partial charge >= 0.3 is 5.97 Å². The van der Waals surface area contributed by atoms with E-state index >= 15 is 0 Å². The number of aromatic nitrogens is 4. The first-order valence-electron chi connectivity index (χ1n) is 7.12. The highest BCUT2D eigenvalue weighted by molar-refractivity contribution is 8.00. The molecule has 23 heavy (non-hydrogen) atoms. The predicted octanol–water partition coefficient (Wildman–Crippen LogP) is 2.22. The molecule has 2 aromatic heterocycles. The number of ketones is 1. The number of thioether (sulfide) groups is 1. The number of ether oxygens (including phenoxy) is 1. The summed E-state index contributed by atoms with van der Waals surface area (Å²) in [4.78, 5) is 27.5. The van der Waals surface area contributed by atoms with Crippen molar-refractivity contribution >= 4 is 23.5 Å². The largest absolute Gasteiger partial charge is 0.465 e. The number of carbonyl (C=O) groups excluding carboxylic acids is 2. The molecule has 2 aromatic rings. The first-order chi connectivity index (χ1) is 10.8. The average molecular weight is 336 g/mol. The van der Waals surface area contributed by atoms with Crippen LogP contribution in [-0.4, -0.2) is 43.9 Å². The van der Waals surface area contributed by atoms with Gasteiger partial charge in [0, 0.05) is 12.7 Å². The molecule has 0 radical (unpaired) electrons. The van der Waals surface area contributed by atoms with Crippen LogP contribution in [-0.2, 0) is 11.8 Å². The Morgan fingerprint density at radius 3 is 2.43 bits per heavy atom. The summed E-state index contributed by atoms with van der Waals surface area (Å²) in [6, 6.07) is 0. The molecule has 0 aliphatic carbocycles. The zero-order chi connectivity index (χ0) is 17.3. The fourth-order valence-corrected chi connectivity index (χ4v) is 3.23. The number of H-pyrrole nitrogens is 1. The summed E-state index contributed by atoms with van der Waals surface area (Å²) in [5, 5.41) is 8.36. The van der Waals surface area contributed by atoms with Gasteiger partial charge in [-0.1, -0.05) is 11.8 Å². The monoisotopic (exact) mass is 336 g/mol. The molecular weight excluding hydrogens is 316 g/mol. The Balaban J connectivity index is 2.26. The lowest BCUT2D eigenvalue weighted by molar-refractivity contribution is 0.0599. The highest BCUT2D eigenvalue weighted by atomic mass is 32.2. The van der Waals surface area contributed by atoms with Crippen LogP contribution in [0.15, 0.2) is 5.16 Å². The van der Waals surface area contributed by atoms with Gasteiger partial charge in [-0.05, 0) is 33.3 Å². The van der Waals surface area contributed by atoms with Crippen LogP contribution in [0, 0.1) is 20.8 Å². The number of Topliss-reactive ketones (excluding diaryl/α,β-unsaturated/α-hetero) is 1. The van der Waals surface area contributed by atoms with Gasteiger partial charge in [0.05, 0.1) is 23.6 Å². The molecule has 124 valence electrons. The lowest BCUT2D eigenvalue weighted by atomic mass is 10.1. The second-order valence-corrected chi connectivity index (χ2v) is 6.64. The van der Waals surface area contributed by atoms with Crippen molar-refractivity contribution in [1.82, 2.24) is 19.7 Å². The molecule has 0 amide bonds. The van der Waals surface area contributed by atoms with Gasteiger partial charge in [0.1, 0.15) is 5.82 Å². The first kappa shape index (κ1) is 17.3. The molecule has 8 heteroatoms. The number of hydrogen-bond acceptors (Lipinski definition) is 6. The number of carbonyl (C=O) groups is 2. The molecule has 7 nitrogen and oxygen atoms in total. The third-order valence-corrected chi connectivity index (χ3v) is 4.91. The Hall–Kier alpha value is -2.09. The van der Waals surface area contributed by atoms with Crippen molar-refractivity contribution in [2.75, 3.05) is 7.11 Å². The fourth-order valence-electron chi connectivity index (χ4n) is 2.31. The highest BCUT2D eigenvalue weighted by Gasteiger charge is 2.26. The minimum Gasteiger partial charge on any atom is -0.465 e. The minimum atomic E-state index is -0.445. The van der Waals surface area contributed by atoms with Crippen LogP contribution in [0.25, 0.3) is 0 Å². The Bertz CT molecular complexity index is 763. The van der Waals surface area contributed by atoms with Gasteiger partial charge in [-0.2, -0.15) is 0 Å². The zero-order valence-electron chi connectivity index (χ0n) is 14.1. The van der Waals surface area contributed by atoms with Crippen LogP contribution in [0.5, 0.6) is 0 Å². The lowest BCUT2D eigenvalue weighted by Gasteiger charge is -2.09. The molecule has 0 aliphatic heterocycles. The van der Waals surface area contributed by atoms with E-state index in [1.165, 1.54) is 18.9 Å². The van der Waals surface area contributed by atoms with E-state index in [0.29, 0.717) is 27.7 Å². The molecule has 0 fully saturated rings. The lowest BCUT2D eigenvalue weighted by Crippen LogP contribution is -2.16. The van der Waals surface area contributed by atoms with Crippen LogP contribution in [0.2, 0.25) is 0 Å². The minimum absolute atomic E-state index is 0.0913. The van der Waals surface area contributed by atoms with Gasteiger partial charge in [0.2, 0.25) is 0 Å². The molecule has 0 saturated carbocycles. The van der Waals surface area contributed by atoms with Gasteiger partial charge in [0.25, 0.3) is 0 Å². The van der Waals surface area contributed by atoms with Crippen molar-refractivity contribution in [3.63, 3.8) is 0 Å². The maximum Gasteiger partial charge on any atom is 0.339 e. The summed E-state index contributed by atoms with van der Waals surface area (Å²) in [5.41, 5.74) is 2.09. The van der Waals surface area contributed by atoms with E-state index in [1.807, 2.05) is 25.5 Å². The molecule has 0 saturated heterocycles. The van der Waals surface area contributed by atoms with Gasteiger partial charge in [0.15, 0.2) is 10.9 Å². The Kier molecular flexibility index (Phi) is 4.93. The molecule has 0 aliphatic rings. The van der Waals surface area contributed by atoms with Crippen LogP contribution < -0.4 is 0 Å². The number of aryl methyl sites for hydroxylation is 2. The Labute approximate surface area is 138 Å². The molecule has 0 unspecified atom stereocenters. The van der Waals surface area contributed by atoms with Gasteiger partial charge in [-0.15, -0.1) is 10.2 Å². The van der Waals surface area contributed by atoms with E-state index in [4.69, 9.17) is 4.74 Å². The van der Waals surface area contributed by atoms with Crippen molar-refractivity contribution in [2.45, 2.75) is 38.1 Å². The van der Waals surface area contributed by atoms with Crippen LogP contribution in [0.4, 0.5) is 0 Å². The smallest absolute Gasteiger partial charge is 0.339 e. The number of hydrogen-bond donors (Lipinski definition) is 1. The number of methoxy groups -OCH3 is 1. The van der Waals surface area contributed by atoms with Crippen molar-refractivity contribution in [2.24, 2.45) is 7.05 Å². The summed E-state index contributed by atoms with van der Waals surface area (Å²) in [6.07, 6.45) is 0. The number of esters is 1. The standard InChI is InChI=1S/C15H20N4O3S/c1-7-11(14(21)22-6)8(2)16-12(7)13(20)9(3)23-15-18-17-10(4)19(15)5/h9,16H,1-6H3/t9-/m0/s1. The predicted molar refractivity (Wildman–Crippen MR) is 87.0 cm³/mol. The van der Waals surface area contributed by atoms with Crippen LogP contribution in [0.3, 0.4) is 0 Å². The van der Waals surface area contributed by atoms with E-state index in [2.05, 4.69) is 15.2 Å². The molecule has 1 N–H and O–H groups in total. The summed E-state index contributed by atoms with van der Waals surface area (Å²) in [6.45, 7) is 7.15. The maximum atomic E-state index is 12.7. The van der Waals surface area contributed by atoms with Crippen molar-refractivity contribution in [3.8, 4) is 0 Å². The second kappa shape index (κ2) is 6.57. The van der Waals surface area contributed by atoms with Gasteiger partial charge in [-0.3, -0.25) is 4.79 Å². The molecule has 1 atom stereocenters. The molecular formula is C15H20N4O3S. The SMILES string of the molecule is COC(=O)c1c(C)[nH]c(C(=O)[C@H](C)Sc2nnc(C)n2C)c1C. The van der Waals surface area contributed by atoms with Crippen molar-refractivity contribution in [1.29, 1.82) is 0 Å². The zero-order valence-corrected chi connectivity index (χ0v) is 14.9. The van der Waals surface area contributed by atoms with E-state index in [1.54, 1.807) is 13.8 Å². The van der Waals surface area contributed by atoms with Crippen molar-refractivity contribution in [3.05, 3.63) is 28.3 Å². The van der Waals surface area contributed by atoms with Gasteiger partial charge in [-0.25, -0.2) is 4.79 Å². The Morgan fingerprint density at radius 2 is 1.91 bits per heavy atom. The first-order valence-corrected chi connectivity index (χ1v) is 8.00. The fraction of sp³-hybridized carbons (Fsp3) is 0.467. The van der Waals surface area contributed by atoms with E-state index < -0.39 is 5.97 Å². The maximum absolute atomic E-state index is 12.7. The number of nitrogens with zero attached hydrogens (tertiary/aromatic N) is 3. The highest BCUT2D eigenvalue weighted by Crippen LogP contribution is 2.27. The molecule has 0 aromatic carbocycles. The summed E-state index contributed by atoms with van der Waals surface area (Å²) in [5.74, 6) is 0.248. The van der Waals surface area contributed by atoms with Crippen LogP contribution >= 0.6 is 11.8 Å². The molecule has 0 bridgehead atoms. The Morgan fingerprint density at radius 1 is 1.26 bits per heavy atom. The second-order valence-electron chi connectivity index (χ2n) is 5.33. The van der Waals surface area contributed by atoms with Gasteiger partial charge < -0.3 is 14.3 Å².